The zero-order chi connectivity index (χ0) is 20.4. The van der Waals surface area contributed by atoms with E-state index < -0.39 is 0 Å². The smallest absolute Gasteiger partial charge is 0.254 e. The van der Waals surface area contributed by atoms with Crippen molar-refractivity contribution in [3.8, 4) is 23.0 Å². The number of methoxy groups -OCH3 is 2. The number of ether oxygens (including phenoxy) is 2. The number of hydrogen-bond donors (Lipinski definition) is 0. The molecule has 0 aliphatic carbocycles. The molecule has 29 heavy (non-hydrogen) atoms. The van der Waals surface area contributed by atoms with E-state index in [0.29, 0.717) is 35.9 Å². The van der Waals surface area contributed by atoms with Gasteiger partial charge in [-0.2, -0.15) is 0 Å². The number of amides is 1. The quantitative estimate of drug-likeness (QED) is 0.680. The molecular weight excluding hydrogens is 368 g/mol. The van der Waals surface area contributed by atoms with Crippen LogP contribution in [0.4, 0.5) is 0 Å². The number of fused-ring (bicyclic) bond motifs is 1. The van der Waals surface area contributed by atoms with Crippen molar-refractivity contribution in [1.82, 2.24) is 19.9 Å². The number of nitrogens with zero attached hydrogens (tertiary/aromatic N) is 4. The number of carbonyl (C=O) groups is 1. The van der Waals surface area contributed by atoms with Crippen molar-refractivity contribution in [3.05, 3.63) is 65.6 Å². The Labute approximate surface area is 169 Å². The fourth-order valence-corrected chi connectivity index (χ4v) is 3.59. The normalized spacial score (nSPS) is 15.6. The van der Waals surface area contributed by atoms with E-state index in [2.05, 4.69) is 9.97 Å². The summed E-state index contributed by atoms with van der Waals surface area (Å²) in [6.45, 7) is 2.58. The summed E-state index contributed by atoms with van der Waals surface area (Å²) in [4.78, 5) is 28.5. The summed E-state index contributed by atoms with van der Waals surface area (Å²) in [5, 5.41) is 0. The van der Waals surface area contributed by atoms with Crippen molar-refractivity contribution in [2.24, 2.45) is 0 Å². The van der Waals surface area contributed by atoms with E-state index in [4.69, 9.17) is 14.5 Å². The number of pyridine rings is 1. The van der Waals surface area contributed by atoms with Crippen molar-refractivity contribution in [3.63, 3.8) is 0 Å². The first-order valence-electron chi connectivity index (χ1n) is 9.42. The highest BCUT2D eigenvalue weighted by molar-refractivity contribution is 5.95. The fourth-order valence-electron chi connectivity index (χ4n) is 3.59. The van der Waals surface area contributed by atoms with Gasteiger partial charge >= 0.3 is 0 Å². The molecule has 1 aromatic carbocycles. The molecule has 3 heterocycles. The molecule has 0 bridgehead atoms. The van der Waals surface area contributed by atoms with Crippen LogP contribution in [-0.2, 0) is 6.42 Å². The SMILES string of the molecule is COc1ccc(C(=O)N2CCc3nc(-c4ccccn4)ncc3C2C)cc1OC. The van der Waals surface area contributed by atoms with Gasteiger partial charge < -0.3 is 14.4 Å². The summed E-state index contributed by atoms with van der Waals surface area (Å²) in [7, 11) is 3.13. The predicted molar refractivity (Wildman–Crippen MR) is 108 cm³/mol. The van der Waals surface area contributed by atoms with Crippen LogP contribution < -0.4 is 9.47 Å². The first-order valence-corrected chi connectivity index (χ1v) is 9.42. The zero-order valence-corrected chi connectivity index (χ0v) is 16.6. The Hall–Kier alpha value is -3.48. The van der Waals surface area contributed by atoms with Crippen molar-refractivity contribution < 1.29 is 14.3 Å². The minimum Gasteiger partial charge on any atom is -0.493 e. The minimum atomic E-state index is -0.128. The third-order valence-electron chi connectivity index (χ3n) is 5.19. The Kier molecular flexibility index (Phi) is 5.12. The van der Waals surface area contributed by atoms with Gasteiger partial charge in [0.2, 0.25) is 0 Å². The summed E-state index contributed by atoms with van der Waals surface area (Å²) < 4.78 is 10.6. The molecule has 3 aromatic rings. The van der Waals surface area contributed by atoms with Gasteiger partial charge in [-0.25, -0.2) is 9.97 Å². The number of rotatable bonds is 4. The first-order chi connectivity index (χ1) is 14.1. The van der Waals surface area contributed by atoms with E-state index in [1.54, 1.807) is 38.6 Å². The van der Waals surface area contributed by atoms with Crippen molar-refractivity contribution in [2.75, 3.05) is 20.8 Å². The predicted octanol–water partition coefficient (Wildman–Crippen LogP) is 3.32. The summed E-state index contributed by atoms with van der Waals surface area (Å²) >= 11 is 0. The van der Waals surface area contributed by atoms with Gasteiger partial charge in [0.25, 0.3) is 5.91 Å². The van der Waals surface area contributed by atoms with E-state index in [-0.39, 0.29) is 11.9 Å². The van der Waals surface area contributed by atoms with Gasteiger partial charge in [0.15, 0.2) is 17.3 Å². The Bertz CT molecular complexity index is 1040. The van der Waals surface area contributed by atoms with Crippen LogP contribution >= 0.6 is 0 Å². The molecule has 148 valence electrons. The van der Waals surface area contributed by atoms with E-state index in [0.717, 1.165) is 17.0 Å². The molecule has 0 radical (unpaired) electrons. The molecule has 1 amide bonds. The van der Waals surface area contributed by atoms with E-state index >= 15 is 0 Å². The van der Waals surface area contributed by atoms with E-state index in [9.17, 15) is 4.79 Å². The lowest BCUT2D eigenvalue weighted by Crippen LogP contribution is -2.39. The molecule has 0 saturated heterocycles. The van der Waals surface area contributed by atoms with Crippen LogP contribution in [0.3, 0.4) is 0 Å². The maximum atomic E-state index is 13.2. The average Bonchev–Trinajstić information content (AvgIpc) is 2.78. The number of aromatic nitrogens is 3. The van der Waals surface area contributed by atoms with Gasteiger partial charge in [-0.15, -0.1) is 0 Å². The van der Waals surface area contributed by atoms with Gasteiger partial charge in [0, 0.05) is 36.5 Å². The molecule has 2 aromatic heterocycles. The third kappa shape index (κ3) is 3.51. The molecule has 0 spiro atoms. The monoisotopic (exact) mass is 390 g/mol. The van der Waals surface area contributed by atoms with E-state index in [1.165, 1.54) is 0 Å². The topological polar surface area (TPSA) is 77.4 Å². The lowest BCUT2D eigenvalue weighted by atomic mass is 9.98. The summed E-state index contributed by atoms with van der Waals surface area (Å²) in [6, 6.07) is 10.8. The standard InChI is InChI=1S/C22H22N4O3/c1-14-16-13-24-21(18-6-4-5-10-23-18)25-17(16)9-11-26(14)22(27)15-7-8-19(28-2)20(12-15)29-3/h4-8,10,12-14H,9,11H2,1-3H3. The Morgan fingerprint density at radius 1 is 1.10 bits per heavy atom. The summed E-state index contributed by atoms with van der Waals surface area (Å²) in [6.07, 6.45) is 4.20. The number of benzene rings is 1. The second kappa shape index (κ2) is 7.87. The van der Waals surface area contributed by atoms with Gasteiger partial charge in [0.05, 0.1) is 26.0 Å². The van der Waals surface area contributed by atoms with Crippen LogP contribution in [0.2, 0.25) is 0 Å². The fraction of sp³-hybridized carbons (Fsp3) is 0.273. The first kappa shape index (κ1) is 18.9. The van der Waals surface area contributed by atoms with Crippen LogP contribution in [0.1, 0.15) is 34.6 Å². The van der Waals surface area contributed by atoms with Crippen LogP contribution in [-0.4, -0.2) is 46.5 Å². The third-order valence-corrected chi connectivity index (χ3v) is 5.19. The second-order valence-corrected chi connectivity index (χ2v) is 6.80. The molecule has 1 aliphatic rings. The molecule has 1 atom stereocenters. The lowest BCUT2D eigenvalue weighted by molar-refractivity contribution is 0.0675. The Morgan fingerprint density at radius 2 is 1.93 bits per heavy atom. The number of carbonyl (C=O) groups excluding carboxylic acids is 1. The van der Waals surface area contributed by atoms with E-state index in [1.807, 2.05) is 36.2 Å². The summed E-state index contributed by atoms with van der Waals surface area (Å²) in [5.41, 5.74) is 3.23. The van der Waals surface area contributed by atoms with Gasteiger partial charge in [-0.3, -0.25) is 9.78 Å². The van der Waals surface area contributed by atoms with Crippen LogP contribution in [0.25, 0.3) is 11.5 Å². The van der Waals surface area contributed by atoms with Crippen molar-refractivity contribution in [2.45, 2.75) is 19.4 Å². The van der Waals surface area contributed by atoms with Gasteiger partial charge in [-0.05, 0) is 37.3 Å². The maximum Gasteiger partial charge on any atom is 0.254 e. The maximum absolute atomic E-state index is 13.2. The molecular formula is C22H22N4O3. The zero-order valence-electron chi connectivity index (χ0n) is 16.6. The highest BCUT2D eigenvalue weighted by atomic mass is 16.5. The molecule has 7 heteroatoms. The molecule has 0 saturated carbocycles. The molecule has 1 unspecified atom stereocenters. The van der Waals surface area contributed by atoms with Crippen LogP contribution in [0, 0.1) is 0 Å². The molecule has 0 N–H and O–H groups in total. The second-order valence-electron chi connectivity index (χ2n) is 6.80. The molecule has 4 rings (SSSR count). The average molecular weight is 390 g/mol. The van der Waals surface area contributed by atoms with Crippen LogP contribution in [0.15, 0.2) is 48.8 Å². The Morgan fingerprint density at radius 3 is 2.66 bits per heavy atom. The molecule has 7 nitrogen and oxygen atoms in total. The lowest BCUT2D eigenvalue weighted by Gasteiger charge is -2.34. The largest absolute Gasteiger partial charge is 0.493 e. The summed E-state index contributed by atoms with van der Waals surface area (Å²) in [5.74, 6) is 1.68. The highest BCUT2D eigenvalue weighted by Crippen LogP contribution is 2.32. The highest BCUT2D eigenvalue weighted by Gasteiger charge is 2.30. The van der Waals surface area contributed by atoms with Crippen molar-refractivity contribution in [1.29, 1.82) is 0 Å². The van der Waals surface area contributed by atoms with Gasteiger partial charge in [-0.1, -0.05) is 6.07 Å². The minimum absolute atomic E-state index is 0.0575. The molecule has 1 aliphatic heterocycles. The van der Waals surface area contributed by atoms with Crippen LogP contribution in [0.5, 0.6) is 11.5 Å². The molecule has 0 fully saturated rings. The van der Waals surface area contributed by atoms with Gasteiger partial charge in [0.1, 0.15) is 5.69 Å². The Balaban J connectivity index is 1.60. The van der Waals surface area contributed by atoms with Crippen molar-refractivity contribution >= 4 is 5.91 Å². The number of hydrogen-bond acceptors (Lipinski definition) is 6.